The van der Waals surface area contributed by atoms with Gasteiger partial charge in [-0.05, 0) is 58.5 Å². The zero-order valence-electron chi connectivity index (χ0n) is 12.8. The van der Waals surface area contributed by atoms with Gasteiger partial charge in [-0.15, -0.1) is 0 Å². The molecule has 0 bridgehead atoms. The van der Waals surface area contributed by atoms with Gasteiger partial charge in [0.25, 0.3) is 5.91 Å². The fourth-order valence-electron chi connectivity index (χ4n) is 2.05. The molecule has 0 saturated heterocycles. The van der Waals surface area contributed by atoms with Gasteiger partial charge in [-0.25, -0.2) is 4.79 Å². The van der Waals surface area contributed by atoms with Crippen LogP contribution in [0.25, 0.3) is 0 Å². The number of halogens is 1. The van der Waals surface area contributed by atoms with Crippen molar-refractivity contribution in [2.75, 3.05) is 14.2 Å². The molecule has 0 aromatic heterocycles. The van der Waals surface area contributed by atoms with Crippen molar-refractivity contribution in [2.24, 2.45) is 0 Å². The fourth-order valence-corrected chi connectivity index (χ4v) is 2.59. The van der Waals surface area contributed by atoms with E-state index in [1.54, 1.807) is 24.3 Å². The fraction of sp³-hybridized carbons (Fsp3) is 0.176. The molecular formula is C17H16INO4. The van der Waals surface area contributed by atoms with Gasteiger partial charge in [-0.3, -0.25) is 4.79 Å². The zero-order valence-corrected chi connectivity index (χ0v) is 14.9. The molecular weight excluding hydrogens is 409 g/mol. The van der Waals surface area contributed by atoms with Crippen molar-refractivity contribution in [1.29, 1.82) is 0 Å². The second-order valence-corrected chi connectivity index (χ2v) is 5.96. The summed E-state index contributed by atoms with van der Waals surface area (Å²) in [5.74, 6) is -0.212. The normalized spacial score (nSPS) is 10.0. The Labute approximate surface area is 148 Å². The van der Waals surface area contributed by atoms with Crippen molar-refractivity contribution in [3.8, 4) is 5.75 Å². The number of esters is 1. The Morgan fingerprint density at radius 3 is 2.57 bits per heavy atom. The number of ether oxygens (including phenoxy) is 2. The van der Waals surface area contributed by atoms with Crippen LogP contribution in [-0.2, 0) is 11.3 Å². The molecule has 0 aliphatic heterocycles. The van der Waals surface area contributed by atoms with Crippen molar-refractivity contribution in [1.82, 2.24) is 5.32 Å². The highest BCUT2D eigenvalue weighted by molar-refractivity contribution is 14.1. The molecule has 0 unspecified atom stereocenters. The number of amides is 1. The lowest BCUT2D eigenvalue weighted by Gasteiger charge is -2.10. The topological polar surface area (TPSA) is 64.6 Å². The molecule has 0 aliphatic rings. The highest BCUT2D eigenvalue weighted by Gasteiger charge is 2.14. The summed E-state index contributed by atoms with van der Waals surface area (Å²) in [6.45, 7) is 0.304. The summed E-state index contributed by atoms with van der Waals surface area (Å²) >= 11 is 2.16. The van der Waals surface area contributed by atoms with E-state index < -0.39 is 5.97 Å². The van der Waals surface area contributed by atoms with Crippen LogP contribution in [0, 0.1) is 3.57 Å². The van der Waals surface area contributed by atoms with Crippen molar-refractivity contribution in [2.45, 2.75) is 6.54 Å². The number of methoxy groups -OCH3 is 2. The minimum absolute atomic E-state index is 0.168. The molecule has 1 N–H and O–H groups in total. The number of nitrogens with one attached hydrogen (secondary N) is 1. The van der Waals surface area contributed by atoms with E-state index in [0.717, 1.165) is 9.13 Å². The van der Waals surface area contributed by atoms with Crippen molar-refractivity contribution in [3.63, 3.8) is 0 Å². The number of benzene rings is 2. The molecule has 2 aromatic carbocycles. The van der Waals surface area contributed by atoms with E-state index in [-0.39, 0.29) is 5.91 Å². The number of hydrogen-bond acceptors (Lipinski definition) is 4. The van der Waals surface area contributed by atoms with E-state index in [2.05, 4.69) is 27.9 Å². The summed E-state index contributed by atoms with van der Waals surface area (Å²) in [6.07, 6.45) is 0. The zero-order chi connectivity index (χ0) is 16.8. The summed E-state index contributed by atoms with van der Waals surface area (Å²) in [6, 6.07) is 12.4. The van der Waals surface area contributed by atoms with Crippen LogP contribution in [0.4, 0.5) is 0 Å². The highest BCUT2D eigenvalue weighted by atomic mass is 127. The van der Waals surface area contributed by atoms with Crippen molar-refractivity contribution in [3.05, 3.63) is 62.7 Å². The number of rotatable bonds is 5. The molecule has 0 aliphatic carbocycles. The van der Waals surface area contributed by atoms with Crippen LogP contribution < -0.4 is 10.1 Å². The van der Waals surface area contributed by atoms with Crippen LogP contribution in [-0.4, -0.2) is 26.1 Å². The molecule has 0 saturated carbocycles. The third kappa shape index (κ3) is 4.44. The predicted molar refractivity (Wildman–Crippen MR) is 94.7 cm³/mol. The van der Waals surface area contributed by atoms with Gasteiger partial charge in [0.05, 0.1) is 14.2 Å². The molecule has 6 heteroatoms. The van der Waals surface area contributed by atoms with Crippen LogP contribution >= 0.6 is 22.6 Å². The monoisotopic (exact) mass is 425 g/mol. The maximum atomic E-state index is 12.1. The molecule has 2 aromatic rings. The SMILES string of the molecule is COC(=O)c1cc(CNC(=O)c2cccc(I)c2)ccc1OC. The lowest BCUT2D eigenvalue weighted by molar-refractivity contribution is 0.0597. The standard InChI is InChI=1S/C17H16INO4/c1-22-15-7-6-11(8-14(15)17(21)23-2)10-19-16(20)12-4-3-5-13(18)9-12/h3-9H,10H2,1-2H3,(H,19,20). The predicted octanol–water partition coefficient (Wildman–Crippen LogP) is 3.02. The Hall–Kier alpha value is -2.09. The second-order valence-electron chi connectivity index (χ2n) is 4.72. The number of carbonyl (C=O) groups is 2. The summed E-state index contributed by atoms with van der Waals surface area (Å²) in [5, 5.41) is 2.83. The van der Waals surface area contributed by atoms with E-state index in [1.807, 2.05) is 18.2 Å². The largest absolute Gasteiger partial charge is 0.496 e. The third-order valence-electron chi connectivity index (χ3n) is 3.21. The molecule has 1 amide bonds. The van der Waals surface area contributed by atoms with Gasteiger partial charge in [-0.1, -0.05) is 12.1 Å². The molecule has 120 valence electrons. The average Bonchev–Trinajstić information content (AvgIpc) is 2.58. The van der Waals surface area contributed by atoms with Crippen molar-refractivity contribution < 1.29 is 19.1 Å². The Bertz CT molecular complexity index is 730. The van der Waals surface area contributed by atoms with Crippen LogP contribution in [0.5, 0.6) is 5.75 Å². The summed E-state index contributed by atoms with van der Waals surface area (Å²) in [4.78, 5) is 23.9. The molecule has 2 rings (SSSR count). The molecule has 0 spiro atoms. The van der Waals surface area contributed by atoms with Crippen LogP contribution in [0.15, 0.2) is 42.5 Å². The minimum atomic E-state index is -0.479. The van der Waals surface area contributed by atoms with Crippen LogP contribution in [0.3, 0.4) is 0 Å². The van der Waals surface area contributed by atoms with E-state index in [0.29, 0.717) is 23.4 Å². The van der Waals surface area contributed by atoms with E-state index in [1.165, 1.54) is 14.2 Å². The molecule has 5 nitrogen and oxygen atoms in total. The van der Waals surface area contributed by atoms with Gasteiger partial charge in [0.15, 0.2) is 0 Å². The van der Waals surface area contributed by atoms with E-state index in [9.17, 15) is 9.59 Å². The third-order valence-corrected chi connectivity index (χ3v) is 3.88. The first-order chi connectivity index (χ1) is 11.0. The molecule has 23 heavy (non-hydrogen) atoms. The quantitative estimate of drug-likeness (QED) is 0.591. The van der Waals surface area contributed by atoms with Crippen LogP contribution in [0.1, 0.15) is 26.3 Å². The van der Waals surface area contributed by atoms with Gasteiger partial charge in [0, 0.05) is 15.7 Å². The lowest BCUT2D eigenvalue weighted by Crippen LogP contribution is -2.23. The first kappa shape index (κ1) is 17.3. The Kier molecular flexibility index (Phi) is 5.97. The second kappa shape index (κ2) is 7.96. The first-order valence-electron chi connectivity index (χ1n) is 6.84. The summed E-state index contributed by atoms with van der Waals surface area (Å²) in [5.41, 5.74) is 1.71. The maximum absolute atomic E-state index is 12.1. The molecule has 0 radical (unpaired) electrons. The summed E-state index contributed by atoms with van der Waals surface area (Å²) < 4.78 is 10.9. The van der Waals surface area contributed by atoms with E-state index >= 15 is 0 Å². The number of carbonyl (C=O) groups excluding carboxylic acids is 2. The highest BCUT2D eigenvalue weighted by Crippen LogP contribution is 2.20. The Morgan fingerprint density at radius 1 is 1.13 bits per heavy atom. The molecule has 0 heterocycles. The summed E-state index contributed by atoms with van der Waals surface area (Å²) in [7, 11) is 2.80. The molecule has 0 fully saturated rings. The van der Waals surface area contributed by atoms with Gasteiger partial charge in [0.2, 0.25) is 0 Å². The van der Waals surface area contributed by atoms with Gasteiger partial charge < -0.3 is 14.8 Å². The minimum Gasteiger partial charge on any atom is -0.496 e. The Balaban J connectivity index is 2.11. The lowest BCUT2D eigenvalue weighted by atomic mass is 10.1. The first-order valence-corrected chi connectivity index (χ1v) is 7.92. The van der Waals surface area contributed by atoms with Gasteiger partial charge >= 0.3 is 5.97 Å². The smallest absolute Gasteiger partial charge is 0.341 e. The van der Waals surface area contributed by atoms with Crippen molar-refractivity contribution >= 4 is 34.5 Å². The van der Waals surface area contributed by atoms with Crippen LogP contribution in [0.2, 0.25) is 0 Å². The average molecular weight is 425 g/mol. The van der Waals surface area contributed by atoms with Gasteiger partial charge in [0.1, 0.15) is 11.3 Å². The van der Waals surface area contributed by atoms with E-state index in [4.69, 9.17) is 9.47 Å². The number of hydrogen-bond donors (Lipinski definition) is 1. The molecule has 0 atom stereocenters. The maximum Gasteiger partial charge on any atom is 0.341 e. The Morgan fingerprint density at radius 2 is 1.91 bits per heavy atom. The van der Waals surface area contributed by atoms with Gasteiger partial charge in [-0.2, -0.15) is 0 Å².